The summed E-state index contributed by atoms with van der Waals surface area (Å²) in [5.41, 5.74) is 4.83. The zero-order chi connectivity index (χ0) is 16.0. The van der Waals surface area contributed by atoms with Gasteiger partial charge in [-0.15, -0.1) is 0 Å². The summed E-state index contributed by atoms with van der Waals surface area (Å²) in [5.74, 6) is 0.882. The number of imidazole rings is 1. The molecule has 0 aliphatic carbocycles. The van der Waals surface area contributed by atoms with Crippen molar-refractivity contribution in [3.8, 4) is 17.1 Å². The number of aryl methyl sites for hydroxylation is 2. The van der Waals surface area contributed by atoms with Crippen LogP contribution in [-0.4, -0.2) is 19.3 Å². The van der Waals surface area contributed by atoms with Crippen LogP contribution in [0.2, 0.25) is 5.02 Å². The molecule has 0 aliphatic heterocycles. The molecule has 4 nitrogen and oxygen atoms in total. The van der Waals surface area contributed by atoms with Crippen LogP contribution >= 0.6 is 11.6 Å². The normalized spacial score (nSPS) is 11.3. The first kappa shape index (κ1) is 14.0. The van der Waals surface area contributed by atoms with Crippen molar-refractivity contribution in [1.82, 2.24) is 19.3 Å². The Morgan fingerprint density at radius 2 is 1.78 bits per heavy atom. The van der Waals surface area contributed by atoms with E-state index in [1.54, 1.807) is 0 Å². The molecule has 4 rings (SSSR count). The van der Waals surface area contributed by atoms with Gasteiger partial charge in [0.2, 0.25) is 0 Å². The van der Waals surface area contributed by atoms with Gasteiger partial charge in [-0.05, 0) is 31.2 Å². The molecule has 0 amide bonds. The summed E-state index contributed by atoms with van der Waals surface area (Å²) in [6.45, 7) is 2.01. The summed E-state index contributed by atoms with van der Waals surface area (Å²) in [4.78, 5) is 4.83. The number of hydrogen-bond donors (Lipinski definition) is 0. The van der Waals surface area contributed by atoms with Gasteiger partial charge in [0.1, 0.15) is 11.3 Å². The van der Waals surface area contributed by atoms with Gasteiger partial charge in [0.25, 0.3) is 0 Å². The number of benzene rings is 2. The molecular formula is C18H15ClN4. The predicted octanol–water partition coefficient (Wildman–Crippen LogP) is 4.39. The molecule has 4 aromatic rings. The van der Waals surface area contributed by atoms with Gasteiger partial charge in [0.05, 0.1) is 11.4 Å². The third kappa shape index (κ3) is 2.23. The highest BCUT2D eigenvalue weighted by molar-refractivity contribution is 6.30. The monoisotopic (exact) mass is 322 g/mol. The first-order chi connectivity index (χ1) is 11.1. The Morgan fingerprint density at radius 3 is 2.52 bits per heavy atom. The first-order valence-corrected chi connectivity index (χ1v) is 7.76. The molecule has 23 heavy (non-hydrogen) atoms. The Balaban J connectivity index is 1.98. The van der Waals surface area contributed by atoms with Crippen molar-refractivity contribution in [3.05, 3.63) is 65.3 Å². The molecule has 0 radical (unpaired) electrons. The number of para-hydroxylation sites is 1. The van der Waals surface area contributed by atoms with E-state index >= 15 is 0 Å². The molecule has 5 heteroatoms. The lowest BCUT2D eigenvalue weighted by molar-refractivity contribution is 0.867. The van der Waals surface area contributed by atoms with Crippen molar-refractivity contribution in [2.45, 2.75) is 6.92 Å². The average molecular weight is 323 g/mol. The fourth-order valence-corrected chi connectivity index (χ4v) is 3.11. The molecule has 114 valence electrons. The molecule has 2 heterocycles. The Hall–Kier alpha value is -2.59. The third-order valence-corrected chi connectivity index (χ3v) is 4.19. The molecule has 2 aromatic heterocycles. The van der Waals surface area contributed by atoms with Gasteiger partial charge in [-0.1, -0.05) is 41.9 Å². The van der Waals surface area contributed by atoms with Gasteiger partial charge in [-0.2, -0.15) is 5.10 Å². The van der Waals surface area contributed by atoms with Crippen molar-refractivity contribution < 1.29 is 0 Å². The third-order valence-electron chi connectivity index (χ3n) is 3.95. The first-order valence-electron chi connectivity index (χ1n) is 7.38. The van der Waals surface area contributed by atoms with E-state index in [4.69, 9.17) is 16.6 Å². The van der Waals surface area contributed by atoms with Crippen LogP contribution in [0.3, 0.4) is 0 Å². The largest absolute Gasteiger partial charge is 0.324 e. The summed E-state index contributed by atoms with van der Waals surface area (Å²) in [7, 11) is 2.01. The number of nitrogens with zero attached hydrogens (tertiary/aromatic N) is 4. The average Bonchev–Trinajstić information content (AvgIpc) is 3.07. The van der Waals surface area contributed by atoms with Crippen LogP contribution in [0.4, 0.5) is 0 Å². The zero-order valence-corrected chi connectivity index (χ0v) is 13.6. The Kier molecular flexibility index (Phi) is 3.20. The lowest BCUT2D eigenvalue weighted by Gasteiger charge is -2.03. The summed E-state index contributed by atoms with van der Waals surface area (Å²) in [6.07, 6.45) is 0. The molecule has 2 aromatic carbocycles. The van der Waals surface area contributed by atoms with E-state index in [9.17, 15) is 0 Å². The standard InChI is InChI=1S/C18H15ClN4/c1-12-16-18(23(21-12)15-9-4-3-5-10-15)20-17(22(16)2)13-7-6-8-14(19)11-13/h3-11H,1-2H3. The number of hydrogen-bond acceptors (Lipinski definition) is 2. The van der Waals surface area contributed by atoms with Gasteiger partial charge >= 0.3 is 0 Å². The number of rotatable bonds is 2. The molecule has 0 spiro atoms. The van der Waals surface area contributed by atoms with Gasteiger partial charge in [0.15, 0.2) is 5.65 Å². The number of fused-ring (bicyclic) bond motifs is 1. The SMILES string of the molecule is Cc1nn(-c2ccccc2)c2nc(-c3cccc(Cl)c3)n(C)c12. The summed E-state index contributed by atoms with van der Waals surface area (Å²) >= 11 is 6.12. The predicted molar refractivity (Wildman–Crippen MR) is 93.0 cm³/mol. The van der Waals surface area contributed by atoms with Gasteiger partial charge in [-0.25, -0.2) is 9.67 Å². The molecule has 0 N–H and O–H groups in total. The number of halogens is 1. The van der Waals surface area contributed by atoms with Crippen molar-refractivity contribution in [1.29, 1.82) is 0 Å². The molecule has 0 atom stereocenters. The highest BCUT2D eigenvalue weighted by Crippen LogP contribution is 2.28. The molecule has 0 bridgehead atoms. The second-order valence-corrected chi connectivity index (χ2v) is 5.95. The lowest BCUT2D eigenvalue weighted by atomic mass is 10.2. The van der Waals surface area contributed by atoms with E-state index in [1.807, 2.05) is 73.3 Å². The second kappa shape index (κ2) is 5.25. The van der Waals surface area contributed by atoms with E-state index in [2.05, 4.69) is 9.67 Å². The Labute approximate surface area is 139 Å². The molecule has 0 aliphatic rings. The molecule has 0 unspecified atom stereocenters. The minimum absolute atomic E-state index is 0.705. The highest BCUT2D eigenvalue weighted by atomic mass is 35.5. The maximum absolute atomic E-state index is 6.12. The molecule has 0 fully saturated rings. The van der Waals surface area contributed by atoms with Crippen LogP contribution in [0.15, 0.2) is 54.6 Å². The van der Waals surface area contributed by atoms with Crippen molar-refractivity contribution in [2.75, 3.05) is 0 Å². The van der Waals surface area contributed by atoms with Crippen molar-refractivity contribution >= 4 is 22.8 Å². The fraction of sp³-hybridized carbons (Fsp3) is 0.111. The molecular weight excluding hydrogens is 308 g/mol. The van der Waals surface area contributed by atoms with Crippen LogP contribution < -0.4 is 0 Å². The van der Waals surface area contributed by atoms with Crippen LogP contribution in [-0.2, 0) is 7.05 Å². The molecule has 0 saturated heterocycles. The minimum atomic E-state index is 0.705. The summed E-state index contributed by atoms with van der Waals surface area (Å²) < 4.78 is 3.96. The van der Waals surface area contributed by atoms with E-state index in [-0.39, 0.29) is 0 Å². The van der Waals surface area contributed by atoms with Crippen LogP contribution in [0.5, 0.6) is 0 Å². The van der Waals surface area contributed by atoms with Crippen LogP contribution in [0.25, 0.3) is 28.2 Å². The van der Waals surface area contributed by atoms with E-state index in [1.165, 1.54) is 0 Å². The Bertz CT molecular complexity index is 999. The van der Waals surface area contributed by atoms with Crippen LogP contribution in [0.1, 0.15) is 5.69 Å². The van der Waals surface area contributed by atoms with Gasteiger partial charge < -0.3 is 4.57 Å². The van der Waals surface area contributed by atoms with Crippen molar-refractivity contribution in [3.63, 3.8) is 0 Å². The molecule has 0 saturated carbocycles. The van der Waals surface area contributed by atoms with E-state index in [0.717, 1.165) is 33.9 Å². The number of aromatic nitrogens is 4. The smallest absolute Gasteiger partial charge is 0.182 e. The highest BCUT2D eigenvalue weighted by Gasteiger charge is 2.18. The second-order valence-electron chi connectivity index (χ2n) is 5.51. The maximum atomic E-state index is 6.12. The maximum Gasteiger partial charge on any atom is 0.182 e. The fourth-order valence-electron chi connectivity index (χ4n) is 2.92. The summed E-state index contributed by atoms with van der Waals surface area (Å²) in [5, 5.41) is 5.35. The van der Waals surface area contributed by atoms with E-state index < -0.39 is 0 Å². The lowest BCUT2D eigenvalue weighted by Crippen LogP contribution is -1.98. The van der Waals surface area contributed by atoms with Gasteiger partial charge in [0, 0.05) is 17.6 Å². The topological polar surface area (TPSA) is 35.6 Å². The quantitative estimate of drug-likeness (QED) is 0.549. The van der Waals surface area contributed by atoms with Crippen molar-refractivity contribution in [2.24, 2.45) is 7.05 Å². The Morgan fingerprint density at radius 1 is 1.00 bits per heavy atom. The van der Waals surface area contributed by atoms with E-state index in [0.29, 0.717) is 5.02 Å². The minimum Gasteiger partial charge on any atom is -0.324 e. The van der Waals surface area contributed by atoms with Gasteiger partial charge in [-0.3, -0.25) is 0 Å². The van der Waals surface area contributed by atoms with Crippen LogP contribution in [0, 0.1) is 6.92 Å². The summed E-state index contributed by atoms with van der Waals surface area (Å²) in [6, 6.07) is 17.8. The zero-order valence-electron chi connectivity index (χ0n) is 12.9.